The van der Waals surface area contributed by atoms with E-state index in [1.54, 1.807) is 7.11 Å². The van der Waals surface area contributed by atoms with Gasteiger partial charge in [0.1, 0.15) is 24.2 Å². The van der Waals surface area contributed by atoms with Crippen LogP contribution in [0.3, 0.4) is 0 Å². The maximum absolute atomic E-state index is 10.3. The van der Waals surface area contributed by atoms with Crippen molar-refractivity contribution in [3.8, 4) is 11.5 Å². The van der Waals surface area contributed by atoms with Crippen LogP contribution in [0, 0.1) is 0 Å². The standard InChI is InChI=1S/C22H30N2O3/c1-26-21-7-4-5-18(15-21)9-10-19-6-2-3-8-22(19)27-17-20(25)16-24-13-11-23-12-14-24/h2-8,15,20,23,25H,9-14,16-17H2,1H3/t20-/m1/s1. The summed E-state index contributed by atoms with van der Waals surface area (Å²) in [5, 5.41) is 13.6. The van der Waals surface area contributed by atoms with Crippen LogP contribution in [0.25, 0.3) is 0 Å². The molecule has 0 saturated carbocycles. The van der Waals surface area contributed by atoms with E-state index in [2.05, 4.69) is 28.4 Å². The third-order valence-corrected chi connectivity index (χ3v) is 4.90. The molecule has 3 rings (SSSR count). The summed E-state index contributed by atoms with van der Waals surface area (Å²) >= 11 is 0. The Bertz CT molecular complexity index is 701. The van der Waals surface area contributed by atoms with Gasteiger partial charge in [-0.2, -0.15) is 0 Å². The number of nitrogens with zero attached hydrogens (tertiary/aromatic N) is 1. The molecule has 0 unspecified atom stereocenters. The van der Waals surface area contributed by atoms with E-state index < -0.39 is 6.10 Å². The molecule has 2 N–H and O–H groups in total. The summed E-state index contributed by atoms with van der Waals surface area (Å²) < 4.78 is 11.3. The van der Waals surface area contributed by atoms with E-state index >= 15 is 0 Å². The average Bonchev–Trinajstić information content (AvgIpc) is 2.72. The van der Waals surface area contributed by atoms with Crippen LogP contribution in [0.15, 0.2) is 48.5 Å². The second-order valence-electron chi connectivity index (χ2n) is 6.97. The van der Waals surface area contributed by atoms with Crippen molar-refractivity contribution >= 4 is 0 Å². The molecule has 146 valence electrons. The molecule has 1 atom stereocenters. The van der Waals surface area contributed by atoms with Crippen molar-refractivity contribution in [1.29, 1.82) is 0 Å². The number of hydrogen-bond acceptors (Lipinski definition) is 5. The zero-order valence-electron chi connectivity index (χ0n) is 16.1. The van der Waals surface area contributed by atoms with Gasteiger partial charge in [-0.05, 0) is 42.2 Å². The molecule has 1 fully saturated rings. The molecule has 1 aliphatic rings. The number of rotatable bonds is 9. The predicted octanol–water partition coefficient (Wildman–Crippen LogP) is 2.13. The number of nitrogens with one attached hydrogen (secondary N) is 1. The quantitative estimate of drug-likeness (QED) is 0.708. The number of piperazine rings is 1. The van der Waals surface area contributed by atoms with Crippen LogP contribution in [0.2, 0.25) is 0 Å². The van der Waals surface area contributed by atoms with Gasteiger partial charge in [-0.1, -0.05) is 30.3 Å². The van der Waals surface area contributed by atoms with Gasteiger partial charge >= 0.3 is 0 Å². The van der Waals surface area contributed by atoms with E-state index in [9.17, 15) is 5.11 Å². The third kappa shape index (κ3) is 6.24. The molecule has 5 heteroatoms. The van der Waals surface area contributed by atoms with Crippen LogP contribution in [-0.2, 0) is 12.8 Å². The SMILES string of the molecule is COc1cccc(CCc2ccccc2OC[C@H](O)CN2CCNCC2)c1. The number of aliphatic hydroxyl groups is 1. The number of benzene rings is 2. The summed E-state index contributed by atoms with van der Waals surface area (Å²) in [5.41, 5.74) is 2.40. The van der Waals surface area contributed by atoms with Crippen LogP contribution in [0.4, 0.5) is 0 Å². The Hall–Kier alpha value is -2.08. The lowest BCUT2D eigenvalue weighted by molar-refractivity contribution is 0.0638. The Morgan fingerprint density at radius 3 is 2.70 bits per heavy atom. The Morgan fingerprint density at radius 2 is 1.89 bits per heavy atom. The number of hydrogen-bond donors (Lipinski definition) is 2. The molecule has 5 nitrogen and oxygen atoms in total. The normalized spacial score (nSPS) is 16.1. The third-order valence-electron chi connectivity index (χ3n) is 4.90. The summed E-state index contributed by atoms with van der Waals surface area (Å²) in [7, 11) is 1.69. The highest BCUT2D eigenvalue weighted by Gasteiger charge is 2.15. The van der Waals surface area contributed by atoms with Gasteiger partial charge in [0.15, 0.2) is 0 Å². The Labute approximate surface area is 161 Å². The molecule has 0 radical (unpaired) electrons. The molecule has 1 aliphatic heterocycles. The highest BCUT2D eigenvalue weighted by atomic mass is 16.5. The number of para-hydroxylation sites is 1. The van der Waals surface area contributed by atoms with E-state index in [0.717, 1.165) is 56.1 Å². The molecule has 0 aliphatic carbocycles. The van der Waals surface area contributed by atoms with Crippen molar-refractivity contribution in [3.05, 3.63) is 59.7 Å². The van der Waals surface area contributed by atoms with Crippen LogP contribution < -0.4 is 14.8 Å². The van der Waals surface area contributed by atoms with Gasteiger partial charge in [0.05, 0.1) is 7.11 Å². The first-order chi connectivity index (χ1) is 13.2. The first kappa shape index (κ1) is 19.7. The highest BCUT2D eigenvalue weighted by Crippen LogP contribution is 2.21. The first-order valence-corrected chi connectivity index (χ1v) is 9.69. The van der Waals surface area contributed by atoms with Crippen LogP contribution >= 0.6 is 0 Å². The Kier molecular flexibility index (Phi) is 7.51. The first-order valence-electron chi connectivity index (χ1n) is 9.69. The lowest BCUT2D eigenvalue weighted by Gasteiger charge is -2.29. The molecule has 0 amide bonds. The van der Waals surface area contributed by atoms with Crippen LogP contribution in [0.1, 0.15) is 11.1 Å². The summed E-state index contributed by atoms with van der Waals surface area (Å²) in [5.74, 6) is 1.74. The number of methoxy groups -OCH3 is 1. The van der Waals surface area contributed by atoms with Crippen molar-refractivity contribution in [1.82, 2.24) is 10.2 Å². The fourth-order valence-corrected chi connectivity index (χ4v) is 3.39. The molecule has 1 heterocycles. The van der Waals surface area contributed by atoms with Gasteiger partial charge in [-0.3, -0.25) is 4.90 Å². The van der Waals surface area contributed by atoms with Crippen molar-refractivity contribution in [2.24, 2.45) is 0 Å². The fraction of sp³-hybridized carbons (Fsp3) is 0.455. The summed E-state index contributed by atoms with van der Waals surface area (Å²) in [6.07, 6.45) is 1.33. The fourth-order valence-electron chi connectivity index (χ4n) is 3.39. The zero-order chi connectivity index (χ0) is 18.9. The van der Waals surface area contributed by atoms with Crippen LogP contribution in [-0.4, -0.2) is 62.6 Å². The van der Waals surface area contributed by atoms with Gasteiger partial charge in [-0.15, -0.1) is 0 Å². The molecular formula is C22H30N2O3. The zero-order valence-corrected chi connectivity index (χ0v) is 16.1. The minimum Gasteiger partial charge on any atom is -0.497 e. The molecule has 0 bridgehead atoms. The lowest BCUT2D eigenvalue weighted by atomic mass is 10.0. The van der Waals surface area contributed by atoms with E-state index in [1.165, 1.54) is 5.56 Å². The highest BCUT2D eigenvalue weighted by molar-refractivity contribution is 5.35. The summed E-state index contributed by atoms with van der Waals surface area (Å²) in [6, 6.07) is 16.3. The average molecular weight is 370 g/mol. The minimum atomic E-state index is -0.477. The second kappa shape index (κ2) is 10.3. The number of β-amino-alcohol motifs (C(OH)–C–C–N with tert-alkyl or cyclic N) is 1. The van der Waals surface area contributed by atoms with Crippen molar-refractivity contribution < 1.29 is 14.6 Å². The van der Waals surface area contributed by atoms with Crippen molar-refractivity contribution in [2.45, 2.75) is 18.9 Å². The summed E-state index contributed by atoms with van der Waals surface area (Å²) in [4.78, 5) is 2.28. The largest absolute Gasteiger partial charge is 0.497 e. The molecule has 0 spiro atoms. The summed E-state index contributed by atoms with van der Waals surface area (Å²) in [6.45, 7) is 4.91. The van der Waals surface area contributed by atoms with Crippen LogP contribution in [0.5, 0.6) is 11.5 Å². The minimum absolute atomic E-state index is 0.320. The van der Waals surface area contributed by atoms with Gasteiger partial charge < -0.3 is 19.9 Å². The van der Waals surface area contributed by atoms with Crippen molar-refractivity contribution in [2.75, 3.05) is 46.4 Å². The van der Waals surface area contributed by atoms with Crippen molar-refractivity contribution in [3.63, 3.8) is 0 Å². The van der Waals surface area contributed by atoms with Gasteiger partial charge in [0.2, 0.25) is 0 Å². The molecular weight excluding hydrogens is 340 g/mol. The monoisotopic (exact) mass is 370 g/mol. The van der Waals surface area contributed by atoms with E-state index in [1.807, 2.05) is 30.3 Å². The Balaban J connectivity index is 1.52. The predicted molar refractivity (Wildman–Crippen MR) is 108 cm³/mol. The van der Waals surface area contributed by atoms with E-state index in [-0.39, 0.29) is 0 Å². The second-order valence-corrected chi connectivity index (χ2v) is 6.97. The molecule has 27 heavy (non-hydrogen) atoms. The molecule has 0 aromatic heterocycles. The van der Waals surface area contributed by atoms with Gasteiger partial charge in [-0.25, -0.2) is 0 Å². The van der Waals surface area contributed by atoms with E-state index in [0.29, 0.717) is 13.2 Å². The maximum Gasteiger partial charge on any atom is 0.122 e. The smallest absolute Gasteiger partial charge is 0.122 e. The molecule has 1 saturated heterocycles. The van der Waals surface area contributed by atoms with Gasteiger partial charge in [0.25, 0.3) is 0 Å². The maximum atomic E-state index is 10.3. The number of aliphatic hydroxyl groups excluding tert-OH is 1. The van der Waals surface area contributed by atoms with Gasteiger partial charge in [0, 0.05) is 32.7 Å². The molecule has 2 aromatic rings. The molecule has 2 aromatic carbocycles. The van der Waals surface area contributed by atoms with E-state index in [4.69, 9.17) is 9.47 Å². The topological polar surface area (TPSA) is 54.0 Å². The number of aryl methyl sites for hydroxylation is 2. The Morgan fingerprint density at radius 1 is 1.07 bits per heavy atom. The lowest BCUT2D eigenvalue weighted by Crippen LogP contribution is -2.47. The number of ether oxygens (including phenoxy) is 2.